The van der Waals surface area contributed by atoms with Crippen LogP contribution >= 0.6 is 11.6 Å². The number of halogens is 1. The van der Waals surface area contributed by atoms with E-state index >= 15 is 0 Å². The van der Waals surface area contributed by atoms with E-state index < -0.39 is 5.97 Å². The SMILES string of the molecule is C/C(=C\CC(=O)O)c1cc2c(cc1Cl)OCCO2. The van der Waals surface area contributed by atoms with E-state index in [1.807, 2.05) is 6.92 Å². The Labute approximate surface area is 110 Å². The van der Waals surface area contributed by atoms with Crippen LogP contribution in [0.4, 0.5) is 0 Å². The molecule has 18 heavy (non-hydrogen) atoms. The summed E-state index contributed by atoms with van der Waals surface area (Å²) in [5.41, 5.74) is 1.57. The molecule has 0 unspecified atom stereocenters. The Balaban J connectivity index is 2.33. The number of allylic oxidation sites excluding steroid dienone is 1. The van der Waals surface area contributed by atoms with Crippen molar-refractivity contribution in [1.29, 1.82) is 0 Å². The van der Waals surface area contributed by atoms with Crippen molar-refractivity contribution in [3.05, 3.63) is 28.8 Å². The average Bonchev–Trinajstić information content (AvgIpc) is 2.35. The van der Waals surface area contributed by atoms with E-state index in [0.717, 1.165) is 11.1 Å². The van der Waals surface area contributed by atoms with Crippen LogP contribution in [-0.2, 0) is 4.79 Å². The highest BCUT2D eigenvalue weighted by atomic mass is 35.5. The second-order valence-electron chi connectivity index (χ2n) is 3.96. The third kappa shape index (κ3) is 2.76. The maximum Gasteiger partial charge on any atom is 0.307 e. The molecule has 0 saturated carbocycles. The Morgan fingerprint density at radius 3 is 2.61 bits per heavy atom. The van der Waals surface area contributed by atoms with Gasteiger partial charge in [-0.15, -0.1) is 0 Å². The molecule has 1 heterocycles. The number of aliphatic carboxylic acids is 1. The van der Waals surface area contributed by atoms with Crippen LogP contribution in [0.1, 0.15) is 18.9 Å². The van der Waals surface area contributed by atoms with Gasteiger partial charge in [0.15, 0.2) is 11.5 Å². The van der Waals surface area contributed by atoms with Gasteiger partial charge in [-0.3, -0.25) is 4.79 Å². The fourth-order valence-corrected chi connectivity index (χ4v) is 2.02. The minimum atomic E-state index is -0.872. The van der Waals surface area contributed by atoms with Gasteiger partial charge in [0.2, 0.25) is 0 Å². The summed E-state index contributed by atoms with van der Waals surface area (Å²) in [6.45, 7) is 2.84. The molecule has 0 spiro atoms. The number of hydrogen-bond acceptors (Lipinski definition) is 3. The normalized spacial score (nSPS) is 14.4. The average molecular weight is 269 g/mol. The molecule has 1 N–H and O–H groups in total. The number of fused-ring (bicyclic) bond motifs is 1. The van der Waals surface area contributed by atoms with Gasteiger partial charge in [-0.2, -0.15) is 0 Å². The minimum Gasteiger partial charge on any atom is -0.486 e. The van der Waals surface area contributed by atoms with Gasteiger partial charge in [-0.1, -0.05) is 17.7 Å². The van der Waals surface area contributed by atoms with Crippen LogP contribution in [0.2, 0.25) is 5.02 Å². The van der Waals surface area contributed by atoms with E-state index in [1.165, 1.54) is 0 Å². The van der Waals surface area contributed by atoms with E-state index in [4.69, 9.17) is 26.2 Å². The van der Waals surface area contributed by atoms with Gasteiger partial charge >= 0.3 is 5.97 Å². The molecular formula is C13H13ClO4. The quantitative estimate of drug-likeness (QED) is 0.916. The number of carboxylic acid groups (broad SMARTS) is 1. The van der Waals surface area contributed by atoms with Gasteiger partial charge in [0.25, 0.3) is 0 Å². The molecule has 2 rings (SSSR count). The number of benzene rings is 1. The maximum absolute atomic E-state index is 10.5. The highest BCUT2D eigenvalue weighted by Gasteiger charge is 2.15. The molecule has 0 atom stereocenters. The van der Waals surface area contributed by atoms with Crippen molar-refractivity contribution in [2.45, 2.75) is 13.3 Å². The predicted octanol–water partition coefficient (Wildman–Crippen LogP) is 2.99. The summed E-state index contributed by atoms with van der Waals surface area (Å²) in [6, 6.07) is 3.48. The van der Waals surface area contributed by atoms with Crippen molar-refractivity contribution in [2.24, 2.45) is 0 Å². The van der Waals surface area contributed by atoms with Gasteiger partial charge in [0.05, 0.1) is 11.4 Å². The summed E-state index contributed by atoms with van der Waals surface area (Å²) in [7, 11) is 0. The van der Waals surface area contributed by atoms with Crippen LogP contribution in [0.3, 0.4) is 0 Å². The van der Waals surface area contributed by atoms with Gasteiger partial charge in [0.1, 0.15) is 13.2 Å². The zero-order valence-corrected chi connectivity index (χ0v) is 10.7. The topological polar surface area (TPSA) is 55.8 Å². The molecule has 0 fully saturated rings. The van der Waals surface area contributed by atoms with E-state index in [9.17, 15) is 4.79 Å². The minimum absolute atomic E-state index is 0.0311. The van der Waals surface area contributed by atoms with Crippen molar-refractivity contribution < 1.29 is 19.4 Å². The number of carbonyl (C=O) groups is 1. The monoisotopic (exact) mass is 268 g/mol. The van der Waals surface area contributed by atoms with Crippen LogP contribution in [0.25, 0.3) is 5.57 Å². The lowest BCUT2D eigenvalue weighted by atomic mass is 10.1. The third-order valence-electron chi connectivity index (χ3n) is 2.64. The molecule has 96 valence electrons. The molecule has 1 aliphatic rings. The third-order valence-corrected chi connectivity index (χ3v) is 2.95. The fraction of sp³-hybridized carbons (Fsp3) is 0.308. The Kier molecular flexibility index (Phi) is 3.77. The highest BCUT2D eigenvalue weighted by Crippen LogP contribution is 2.37. The molecule has 0 saturated heterocycles. The van der Waals surface area contributed by atoms with Crippen molar-refractivity contribution in [3.63, 3.8) is 0 Å². The van der Waals surface area contributed by atoms with E-state index in [-0.39, 0.29) is 6.42 Å². The van der Waals surface area contributed by atoms with Crippen LogP contribution in [0.5, 0.6) is 11.5 Å². The second-order valence-corrected chi connectivity index (χ2v) is 4.37. The number of hydrogen-bond donors (Lipinski definition) is 1. The zero-order valence-electron chi connectivity index (χ0n) is 9.90. The van der Waals surface area contributed by atoms with Gasteiger partial charge in [-0.25, -0.2) is 0 Å². The molecule has 0 amide bonds. The van der Waals surface area contributed by atoms with Crippen LogP contribution in [0.15, 0.2) is 18.2 Å². The number of carboxylic acids is 1. The maximum atomic E-state index is 10.5. The molecule has 4 nitrogen and oxygen atoms in total. The standard InChI is InChI=1S/C13H13ClO4/c1-8(2-3-13(15)16)9-6-11-12(7-10(9)14)18-5-4-17-11/h2,6-7H,3-5H2,1H3,(H,15,16)/b8-2+. The summed E-state index contributed by atoms with van der Waals surface area (Å²) < 4.78 is 10.9. The molecule has 0 aliphatic carbocycles. The second kappa shape index (κ2) is 5.31. The molecule has 1 aromatic carbocycles. The largest absolute Gasteiger partial charge is 0.486 e. The molecule has 5 heteroatoms. The summed E-state index contributed by atoms with van der Waals surface area (Å²) in [6.07, 6.45) is 1.59. The van der Waals surface area contributed by atoms with Crippen molar-refractivity contribution >= 4 is 23.1 Å². The zero-order chi connectivity index (χ0) is 13.1. The Bertz CT molecular complexity index is 508. The molecule has 0 radical (unpaired) electrons. The summed E-state index contributed by atoms with van der Waals surface area (Å²) in [5, 5.41) is 9.17. The lowest BCUT2D eigenvalue weighted by molar-refractivity contribution is -0.135. The molecule has 0 bridgehead atoms. The first kappa shape index (κ1) is 12.8. The van der Waals surface area contributed by atoms with Crippen molar-refractivity contribution in [3.8, 4) is 11.5 Å². The van der Waals surface area contributed by atoms with Gasteiger partial charge in [0, 0.05) is 6.07 Å². The lowest BCUT2D eigenvalue weighted by Crippen LogP contribution is -2.15. The van der Waals surface area contributed by atoms with Gasteiger partial charge in [-0.05, 0) is 24.1 Å². The summed E-state index contributed by atoms with van der Waals surface area (Å²) >= 11 is 6.15. The van der Waals surface area contributed by atoms with E-state index in [1.54, 1.807) is 18.2 Å². The smallest absolute Gasteiger partial charge is 0.307 e. The first-order valence-electron chi connectivity index (χ1n) is 5.56. The lowest BCUT2D eigenvalue weighted by Gasteiger charge is -2.20. The molecular weight excluding hydrogens is 256 g/mol. The molecule has 1 aliphatic heterocycles. The van der Waals surface area contributed by atoms with Crippen LogP contribution in [-0.4, -0.2) is 24.3 Å². The highest BCUT2D eigenvalue weighted by molar-refractivity contribution is 6.32. The van der Waals surface area contributed by atoms with E-state index in [2.05, 4.69) is 0 Å². The molecule has 1 aromatic rings. The Morgan fingerprint density at radius 1 is 1.39 bits per heavy atom. The summed E-state index contributed by atoms with van der Waals surface area (Å²) in [5.74, 6) is 0.396. The first-order valence-corrected chi connectivity index (χ1v) is 5.94. The van der Waals surface area contributed by atoms with Crippen molar-refractivity contribution in [2.75, 3.05) is 13.2 Å². The Hall–Kier alpha value is -1.68. The van der Waals surface area contributed by atoms with Crippen LogP contribution in [0, 0.1) is 0 Å². The molecule has 0 aromatic heterocycles. The van der Waals surface area contributed by atoms with E-state index in [0.29, 0.717) is 29.7 Å². The first-order chi connectivity index (χ1) is 8.58. The summed E-state index contributed by atoms with van der Waals surface area (Å²) in [4.78, 5) is 10.5. The van der Waals surface area contributed by atoms with Crippen LogP contribution < -0.4 is 9.47 Å². The van der Waals surface area contributed by atoms with Crippen molar-refractivity contribution in [1.82, 2.24) is 0 Å². The number of rotatable bonds is 3. The number of ether oxygens (including phenoxy) is 2. The predicted molar refractivity (Wildman–Crippen MR) is 68.3 cm³/mol. The van der Waals surface area contributed by atoms with Gasteiger partial charge < -0.3 is 14.6 Å². The fourth-order valence-electron chi connectivity index (χ4n) is 1.72. The Morgan fingerprint density at radius 2 is 2.00 bits per heavy atom.